The minimum atomic E-state index is -1.38. The van der Waals surface area contributed by atoms with Crippen LogP contribution in [0.3, 0.4) is 0 Å². The number of aliphatic hydroxyl groups is 3. The zero-order chi connectivity index (χ0) is 63.3. The predicted molar refractivity (Wildman–Crippen MR) is 324 cm³/mol. The maximum absolute atomic E-state index is 13.8. The van der Waals surface area contributed by atoms with E-state index >= 15 is 0 Å². The van der Waals surface area contributed by atoms with Crippen molar-refractivity contribution in [2.24, 2.45) is 17.8 Å². The van der Waals surface area contributed by atoms with Gasteiger partial charge in [0.1, 0.15) is 30.2 Å². The summed E-state index contributed by atoms with van der Waals surface area (Å²) in [4.78, 5) is 55.2. The number of ether oxygens (including phenoxy) is 7. The van der Waals surface area contributed by atoms with Crippen molar-refractivity contribution >= 4 is 36.7 Å². The van der Waals surface area contributed by atoms with Crippen molar-refractivity contribution in [1.29, 1.82) is 0 Å². The Morgan fingerprint density at radius 1 is 0.927 bits per heavy atom. The number of aliphatic hydroxyl groups excluding tert-OH is 3. The highest BCUT2D eigenvalue weighted by molar-refractivity contribution is 6.47. The third-order valence-corrected chi connectivity index (χ3v) is 15.1. The lowest BCUT2D eigenvalue weighted by atomic mass is 9.50. The summed E-state index contributed by atoms with van der Waals surface area (Å²) in [5.74, 6) is -1.73. The number of carbonyl (C=O) groups is 4. The Hall–Kier alpha value is -4.35. The lowest BCUT2D eigenvalue weighted by Crippen LogP contribution is -2.53. The number of esters is 1. The molecule has 0 aliphatic carbocycles. The highest BCUT2D eigenvalue weighted by Crippen LogP contribution is 2.35. The average Bonchev–Trinajstić information content (AvgIpc) is 4.06. The van der Waals surface area contributed by atoms with Crippen molar-refractivity contribution in [3.05, 3.63) is 29.8 Å². The van der Waals surface area contributed by atoms with Gasteiger partial charge in [-0.15, -0.1) is 25.7 Å². The molecule has 15 atom stereocenters. The number of hydrogen-bond acceptors (Lipinski definition) is 16. The van der Waals surface area contributed by atoms with Crippen LogP contribution >= 0.6 is 0 Å². The first-order valence-electron chi connectivity index (χ1n) is 29.3. The molecule has 1 unspecified atom stereocenters. The van der Waals surface area contributed by atoms with Gasteiger partial charge in [0.05, 0.1) is 42.5 Å². The van der Waals surface area contributed by atoms with Gasteiger partial charge in [0.25, 0.3) is 0 Å². The fraction of sp³-hybridized carbons (Fsp3) is 0.774. The second-order valence-electron chi connectivity index (χ2n) is 21.9. The fourth-order valence-electron chi connectivity index (χ4n) is 10.4. The van der Waals surface area contributed by atoms with Crippen LogP contribution in [0, 0.1) is 43.4 Å². The minimum Gasteiger partial charge on any atom is -0.459 e. The highest BCUT2D eigenvalue weighted by atomic mass is 19.1. The normalized spacial score (nSPS) is 23.3. The smallest absolute Gasteiger partial charge is 0.407 e. The number of amides is 2. The van der Waals surface area contributed by atoms with E-state index in [2.05, 4.69) is 68.9 Å². The van der Waals surface area contributed by atoms with Gasteiger partial charge in [-0.1, -0.05) is 60.1 Å². The van der Waals surface area contributed by atoms with E-state index in [1.165, 1.54) is 26.9 Å². The Morgan fingerprint density at radius 3 is 2.02 bits per heavy atom. The monoisotopic (exact) mass is 1160 g/mol. The van der Waals surface area contributed by atoms with E-state index < -0.39 is 72.9 Å². The number of nitrogens with zero attached hydrogens (tertiary/aromatic N) is 2. The van der Waals surface area contributed by atoms with Crippen LogP contribution in [0.15, 0.2) is 24.3 Å². The Kier molecular flexibility index (Phi) is 42.1. The summed E-state index contributed by atoms with van der Waals surface area (Å²) in [5, 5.41) is 32.6. The zero-order valence-corrected chi connectivity index (χ0v) is 53.1. The summed E-state index contributed by atoms with van der Waals surface area (Å²) in [7, 11) is 7.76. The summed E-state index contributed by atoms with van der Waals surface area (Å²) < 4.78 is 54.3. The molecular weight excluding hydrogens is 1050 g/mol. The van der Waals surface area contributed by atoms with Crippen molar-refractivity contribution in [3.63, 3.8) is 0 Å². The van der Waals surface area contributed by atoms with E-state index in [9.17, 15) is 33.8 Å². The molecule has 0 spiro atoms. The first-order valence-corrected chi connectivity index (χ1v) is 29.3. The Bertz CT molecular complexity index is 1910. The fourth-order valence-corrected chi connectivity index (χ4v) is 10.4. The number of nitrogens with one attached hydrogen (secondary N) is 2. The average molecular weight is 1160 g/mol. The molecule has 3 heterocycles. The van der Waals surface area contributed by atoms with Gasteiger partial charge in [0.15, 0.2) is 19.9 Å². The number of terminal acetylenes is 2. The van der Waals surface area contributed by atoms with Gasteiger partial charge < -0.3 is 73.7 Å². The summed E-state index contributed by atoms with van der Waals surface area (Å²) in [6.07, 6.45) is 19.6. The van der Waals surface area contributed by atoms with E-state index in [1.807, 2.05) is 51.8 Å². The molecule has 5 N–H and O–H groups in total. The van der Waals surface area contributed by atoms with Crippen LogP contribution in [0.5, 0.6) is 0 Å². The Labute approximate surface area is 494 Å². The molecule has 20 heteroatoms. The topological polar surface area (TPSA) is 224 Å². The van der Waals surface area contributed by atoms with Crippen LogP contribution in [0.4, 0.5) is 14.9 Å². The van der Waals surface area contributed by atoms with Crippen LogP contribution in [-0.4, -0.2) is 179 Å². The molecule has 4 rings (SSSR count). The van der Waals surface area contributed by atoms with Gasteiger partial charge in [-0.2, -0.15) is 0 Å². The number of rotatable bonds is 28. The van der Waals surface area contributed by atoms with Crippen molar-refractivity contribution in [1.82, 2.24) is 15.5 Å². The van der Waals surface area contributed by atoms with Crippen LogP contribution in [0.25, 0.3) is 0 Å². The second-order valence-corrected chi connectivity index (χ2v) is 21.9. The lowest BCUT2D eigenvalue weighted by molar-refractivity contribution is -0.240. The van der Waals surface area contributed by atoms with Crippen molar-refractivity contribution in [3.8, 4) is 25.7 Å². The standard InChI is InChI=1S/C32H59BNO9.C23H36FN3O4.C2H6.2C2H2.CH4O/c1-13-14-31(9,39-12)19-21(3)28(42-27-18-20(2)17-22(4)40-27)23(5)29(36)41-26(8)32(10,33-24(6)25(7)35)43-30(37)34-15-16-38-11;1-16-13-19(14-22(29)31-16)26(2)12-9-21(28)25-20(15-24)23(30)17-5-7-18(8-6-17)27-10-3-4-11-27;4*1-2/h20-24,26-28H,13-19H2,1-12H3,(H,34,37);5-8,16,19-20,22-23,29-30H,3-4,9-15H2,1-2H3,(H,25,28);1-2H3;2*1-2H;2H,1H3/t20-,21-,22+,23-,24+,26?,27+,28+,31-,32-;16-,19+,20-,22-,23-;;;;/m11..../s1. The molecule has 2 amide bonds. The number of anilines is 1. The van der Waals surface area contributed by atoms with E-state index in [1.54, 1.807) is 54.2 Å². The molecule has 3 fully saturated rings. The molecule has 1 aromatic rings. The number of benzene rings is 1. The second kappa shape index (κ2) is 43.3. The third-order valence-electron chi connectivity index (χ3n) is 15.1. The van der Waals surface area contributed by atoms with Gasteiger partial charge >= 0.3 is 12.1 Å². The number of alkyl halides is 1. The molecule has 3 saturated heterocycles. The molecular formula is C62H109BFN4O14. The molecule has 3 aliphatic rings. The number of alkyl carbamates (subject to hydrolysis) is 1. The third kappa shape index (κ3) is 29.0. The number of carbonyl (C=O) groups excluding carboxylic acids is 4. The van der Waals surface area contributed by atoms with Gasteiger partial charge in [-0.25, -0.2) is 9.18 Å². The lowest BCUT2D eigenvalue weighted by Gasteiger charge is -2.40. The molecule has 1 radical (unpaired) electrons. The molecule has 0 aromatic heterocycles. The van der Waals surface area contributed by atoms with E-state index in [0.717, 1.165) is 58.0 Å². The number of Topliss-reactive ketones (excluding diaryl/α,β-unsaturated/α-hetero) is 1. The van der Waals surface area contributed by atoms with Gasteiger partial charge in [-0.05, 0) is 129 Å². The predicted octanol–water partition coefficient (Wildman–Crippen LogP) is 8.64. The maximum atomic E-state index is 13.8. The highest BCUT2D eigenvalue weighted by Gasteiger charge is 2.44. The largest absolute Gasteiger partial charge is 0.459 e. The van der Waals surface area contributed by atoms with Gasteiger partial charge in [0.2, 0.25) is 5.91 Å². The van der Waals surface area contributed by atoms with Crippen molar-refractivity contribution in [2.45, 2.75) is 226 Å². The van der Waals surface area contributed by atoms with Crippen LogP contribution < -0.4 is 15.5 Å². The summed E-state index contributed by atoms with van der Waals surface area (Å²) in [5.41, 5.74) is -0.0635. The van der Waals surface area contributed by atoms with Crippen molar-refractivity contribution in [2.75, 3.05) is 72.7 Å². The molecule has 82 heavy (non-hydrogen) atoms. The van der Waals surface area contributed by atoms with Crippen molar-refractivity contribution < 1.29 is 72.0 Å². The van der Waals surface area contributed by atoms with E-state index in [4.69, 9.17) is 38.3 Å². The SMILES string of the molecule is C#C.C#C.CC.CCC[C@](C)(C[C@@H](C)[C@H](O[C@H]1C[C@H](C)C[C@H](C)O1)[C@@H](C)C(=O)OC(C)[C@](C)([B][C@@H](C)C(C)=O)OC(=O)NCCOC)OC.CO.C[C@@H]1C[C@H](N(C)CCC(=O)N[C@H](CF)[C@H](O)c2ccc(N3CCCC3)cc2)C[C@H](O)O1. The number of methoxy groups -OCH3 is 2. The van der Waals surface area contributed by atoms with Gasteiger partial charge in [-0.3, -0.25) is 9.59 Å². The first-order chi connectivity index (χ1) is 38.9. The number of halogens is 1. The summed E-state index contributed by atoms with van der Waals surface area (Å²) >= 11 is 0. The molecule has 18 nitrogen and oxygen atoms in total. The molecule has 0 bridgehead atoms. The molecule has 0 saturated carbocycles. The minimum absolute atomic E-state index is 0.0343. The Balaban J connectivity index is 0. The molecule has 3 aliphatic heterocycles. The first kappa shape index (κ1) is 79.7. The zero-order valence-electron chi connectivity index (χ0n) is 53.1. The Morgan fingerprint density at radius 2 is 1.51 bits per heavy atom. The summed E-state index contributed by atoms with van der Waals surface area (Å²) in [6, 6.07) is 6.64. The number of ketones is 1. The molecule has 1 aromatic carbocycles. The summed E-state index contributed by atoms with van der Waals surface area (Å²) in [6.45, 7) is 26.9. The van der Waals surface area contributed by atoms with E-state index in [0.29, 0.717) is 37.5 Å². The maximum Gasteiger partial charge on any atom is 0.407 e. The van der Waals surface area contributed by atoms with Crippen LogP contribution in [-0.2, 0) is 47.5 Å². The quantitative estimate of drug-likeness (QED) is 0.0229. The van der Waals surface area contributed by atoms with Gasteiger partial charge in [0, 0.05) is 78.5 Å². The molecule has 471 valence electrons. The number of hydrogen-bond donors (Lipinski definition) is 5. The van der Waals surface area contributed by atoms with Crippen LogP contribution in [0.2, 0.25) is 5.82 Å². The van der Waals surface area contributed by atoms with E-state index in [-0.39, 0.29) is 54.4 Å². The van der Waals surface area contributed by atoms with Crippen LogP contribution in [0.1, 0.15) is 166 Å².